The van der Waals surface area contributed by atoms with Crippen molar-refractivity contribution in [2.45, 2.75) is 20.3 Å². The van der Waals surface area contributed by atoms with Crippen molar-refractivity contribution < 1.29 is 23.9 Å². The Kier molecular flexibility index (Phi) is 5.39. The fourth-order valence-corrected chi connectivity index (χ4v) is 2.40. The molecule has 0 bridgehead atoms. The van der Waals surface area contributed by atoms with E-state index in [9.17, 15) is 14.4 Å². The molecule has 0 amide bonds. The van der Waals surface area contributed by atoms with E-state index in [0.717, 1.165) is 0 Å². The number of hydrogen-bond donors (Lipinski definition) is 1. The minimum atomic E-state index is -0.957. The summed E-state index contributed by atoms with van der Waals surface area (Å²) in [5.74, 6) is -3.00. The van der Waals surface area contributed by atoms with Crippen molar-refractivity contribution >= 4 is 35.2 Å². The number of allylic oxidation sites excluding steroid dienone is 1. The molecule has 122 valence electrons. The third-order valence-electron chi connectivity index (χ3n) is 3.29. The molecule has 1 aromatic carbocycles. The molecule has 7 heteroatoms. The standard InChI is InChI=1S/C16H16ClNO5/c1-3-22-16(21)14(12-8-13(19)23-15(12)20)9(2)18-11-6-4-10(17)5-7-11/h4-7,12,18H,3,8H2,1-2H3/b14-9-/t12-/m0/s1. The van der Waals surface area contributed by atoms with Crippen LogP contribution in [0.4, 0.5) is 5.69 Å². The zero-order valence-corrected chi connectivity index (χ0v) is 13.5. The van der Waals surface area contributed by atoms with Crippen molar-refractivity contribution in [2.75, 3.05) is 11.9 Å². The number of benzene rings is 1. The summed E-state index contributed by atoms with van der Waals surface area (Å²) in [4.78, 5) is 35.3. The second-order valence-electron chi connectivity index (χ2n) is 4.94. The molecule has 6 nitrogen and oxygen atoms in total. The molecular weight excluding hydrogens is 322 g/mol. The van der Waals surface area contributed by atoms with Crippen molar-refractivity contribution in [3.05, 3.63) is 40.6 Å². The molecule has 1 N–H and O–H groups in total. The Morgan fingerprint density at radius 3 is 2.52 bits per heavy atom. The number of carbonyl (C=O) groups is 3. The topological polar surface area (TPSA) is 81.7 Å². The lowest BCUT2D eigenvalue weighted by atomic mass is 9.95. The lowest BCUT2D eigenvalue weighted by Gasteiger charge is -2.16. The van der Waals surface area contributed by atoms with Gasteiger partial charge in [0.2, 0.25) is 0 Å². The van der Waals surface area contributed by atoms with Crippen LogP contribution >= 0.6 is 11.6 Å². The van der Waals surface area contributed by atoms with Gasteiger partial charge in [-0.25, -0.2) is 4.79 Å². The molecule has 1 fully saturated rings. The Morgan fingerprint density at radius 2 is 2.00 bits per heavy atom. The summed E-state index contributed by atoms with van der Waals surface area (Å²) < 4.78 is 9.54. The highest BCUT2D eigenvalue weighted by Gasteiger charge is 2.40. The average molecular weight is 338 g/mol. The number of ether oxygens (including phenoxy) is 2. The molecular formula is C16H16ClNO5. The van der Waals surface area contributed by atoms with Gasteiger partial charge >= 0.3 is 17.9 Å². The van der Waals surface area contributed by atoms with E-state index < -0.39 is 23.8 Å². The molecule has 0 spiro atoms. The molecule has 0 aliphatic carbocycles. The number of halogens is 1. The van der Waals surface area contributed by atoms with Gasteiger partial charge in [-0.15, -0.1) is 0 Å². The normalized spacial score (nSPS) is 18.3. The molecule has 1 saturated heterocycles. The van der Waals surface area contributed by atoms with E-state index in [2.05, 4.69) is 10.1 Å². The van der Waals surface area contributed by atoms with Gasteiger partial charge in [-0.3, -0.25) is 9.59 Å². The second-order valence-corrected chi connectivity index (χ2v) is 5.38. The highest BCUT2D eigenvalue weighted by molar-refractivity contribution is 6.30. The van der Waals surface area contributed by atoms with E-state index in [1.54, 1.807) is 38.1 Å². The largest absolute Gasteiger partial charge is 0.463 e. The molecule has 0 aromatic heterocycles. The Labute approximate surface area is 138 Å². The van der Waals surface area contributed by atoms with Gasteiger partial charge in [-0.1, -0.05) is 11.6 Å². The van der Waals surface area contributed by atoms with Crippen LogP contribution in [0.1, 0.15) is 20.3 Å². The van der Waals surface area contributed by atoms with Gasteiger partial charge < -0.3 is 14.8 Å². The predicted molar refractivity (Wildman–Crippen MR) is 83.6 cm³/mol. The molecule has 1 aliphatic rings. The van der Waals surface area contributed by atoms with Gasteiger partial charge in [0.1, 0.15) is 5.92 Å². The monoisotopic (exact) mass is 337 g/mol. The molecule has 1 aromatic rings. The van der Waals surface area contributed by atoms with Gasteiger partial charge in [-0.2, -0.15) is 0 Å². The van der Waals surface area contributed by atoms with Crippen molar-refractivity contribution in [1.29, 1.82) is 0 Å². The van der Waals surface area contributed by atoms with Gasteiger partial charge in [0.05, 0.1) is 18.6 Å². The highest BCUT2D eigenvalue weighted by atomic mass is 35.5. The molecule has 1 aliphatic heterocycles. The molecule has 23 heavy (non-hydrogen) atoms. The van der Waals surface area contributed by atoms with Gasteiger partial charge in [-0.05, 0) is 38.1 Å². The minimum absolute atomic E-state index is 0.0950. The van der Waals surface area contributed by atoms with Gasteiger partial charge in [0.15, 0.2) is 0 Å². The van der Waals surface area contributed by atoms with Crippen LogP contribution in [0, 0.1) is 5.92 Å². The molecule has 0 saturated carbocycles. The number of anilines is 1. The van der Waals surface area contributed by atoms with E-state index in [4.69, 9.17) is 16.3 Å². The lowest BCUT2D eigenvalue weighted by Crippen LogP contribution is -2.23. The maximum absolute atomic E-state index is 12.2. The Morgan fingerprint density at radius 1 is 1.35 bits per heavy atom. The number of nitrogens with one attached hydrogen (secondary N) is 1. The highest BCUT2D eigenvalue weighted by Crippen LogP contribution is 2.28. The van der Waals surface area contributed by atoms with Crippen LogP contribution in [0.5, 0.6) is 0 Å². The maximum Gasteiger partial charge on any atom is 0.336 e. The summed E-state index contributed by atoms with van der Waals surface area (Å²) in [6.07, 6.45) is -0.174. The summed E-state index contributed by atoms with van der Waals surface area (Å²) in [5, 5.41) is 3.60. The van der Waals surface area contributed by atoms with Crippen LogP contribution in [-0.2, 0) is 23.9 Å². The van der Waals surface area contributed by atoms with Gasteiger partial charge in [0, 0.05) is 16.4 Å². The fourth-order valence-electron chi connectivity index (χ4n) is 2.28. The van der Waals surface area contributed by atoms with Crippen molar-refractivity contribution in [2.24, 2.45) is 5.92 Å². The van der Waals surface area contributed by atoms with E-state index in [0.29, 0.717) is 16.4 Å². The first-order chi connectivity index (χ1) is 10.9. The third-order valence-corrected chi connectivity index (χ3v) is 3.55. The second kappa shape index (κ2) is 7.28. The van der Waals surface area contributed by atoms with E-state index >= 15 is 0 Å². The SMILES string of the molecule is CCOC(=O)/C(=C(/C)Nc1ccc(Cl)cc1)[C@@H]1CC(=O)OC1=O. The summed E-state index contributed by atoms with van der Waals surface area (Å²) in [6.45, 7) is 3.46. The molecule has 1 atom stereocenters. The zero-order chi connectivity index (χ0) is 17.0. The Hall–Kier alpha value is -2.34. The number of carbonyl (C=O) groups excluding carboxylic acids is 3. The van der Waals surface area contributed by atoms with Crippen LogP contribution in [0.25, 0.3) is 0 Å². The van der Waals surface area contributed by atoms with Crippen LogP contribution in [-0.4, -0.2) is 24.5 Å². The first-order valence-electron chi connectivity index (χ1n) is 7.07. The number of esters is 3. The smallest absolute Gasteiger partial charge is 0.336 e. The van der Waals surface area contributed by atoms with E-state index in [1.165, 1.54) is 0 Å². The summed E-state index contributed by atoms with van der Waals surface area (Å²) in [6, 6.07) is 6.84. The van der Waals surface area contributed by atoms with Crippen LogP contribution in [0.15, 0.2) is 35.5 Å². The van der Waals surface area contributed by atoms with E-state index in [-0.39, 0.29) is 18.6 Å². The molecule has 2 rings (SSSR count). The summed E-state index contributed by atoms with van der Waals surface area (Å²) in [7, 11) is 0. The third kappa shape index (κ3) is 4.10. The predicted octanol–water partition coefficient (Wildman–Crippen LogP) is 2.68. The Bertz CT molecular complexity index is 666. The van der Waals surface area contributed by atoms with Crippen LogP contribution < -0.4 is 5.32 Å². The first kappa shape index (κ1) is 17.0. The van der Waals surface area contributed by atoms with Crippen LogP contribution in [0.3, 0.4) is 0 Å². The zero-order valence-electron chi connectivity index (χ0n) is 12.7. The lowest BCUT2D eigenvalue weighted by molar-refractivity contribution is -0.153. The van der Waals surface area contributed by atoms with Crippen molar-refractivity contribution in [3.8, 4) is 0 Å². The fraction of sp³-hybridized carbons (Fsp3) is 0.312. The number of rotatable bonds is 5. The number of hydrogen-bond acceptors (Lipinski definition) is 6. The van der Waals surface area contributed by atoms with Crippen molar-refractivity contribution in [1.82, 2.24) is 0 Å². The van der Waals surface area contributed by atoms with Gasteiger partial charge in [0.25, 0.3) is 0 Å². The summed E-state index contributed by atoms with van der Waals surface area (Å²) >= 11 is 5.83. The van der Waals surface area contributed by atoms with Crippen molar-refractivity contribution in [3.63, 3.8) is 0 Å². The Balaban J connectivity index is 2.34. The number of cyclic esters (lactones) is 2. The average Bonchev–Trinajstić information content (AvgIpc) is 2.80. The summed E-state index contributed by atoms with van der Waals surface area (Å²) in [5.41, 5.74) is 1.20. The minimum Gasteiger partial charge on any atom is -0.463 e. The quantitative estimate of drug-likeness (QED) is 0.505. The first-order valence-corrected chi connectivity index (χ1v) is 7.45. The molecule has 0 unspecified atom stereocenters. The molecule has 0 radical (unpaired) electrons. The molecule has 1 heterocycles. The maximum atomic E-state index is 12.2. The van der Waals surface area contributed by atoms with E-state index in [1.807, 2.05) is 0 Å². The van der Waals surface area contributed by atoms with Crippen LogP contribution in [0.2, 0.25) is 5.02 Å².